The van der Waals surface area contributed by atoms with Crippen molar-refractivity contribution in [2.45, 2.75) is 69.7 Å². The maximum Gasteiger partial charge on any atom is 0.230 e. The average Bonchev–Trinajstić information content (AvgIpc) is 2.88. The van der Waals surface area contributed by atoms with Gasteiger partial charge < -0.3 is 9.84 Å². The third-order valence-corrected chi connectivity index (χ3v) is 4.25. The van der Waals surface area contributed by atoms with Gasteiger partial charge >= 0.3 is 0 Å². The molecular weight excluding hydrogens is 242 g/mol. The lowest BCUT2D eigenvalue weighted by Crippen LogP contribution is -2.39. The van der Waals surface area contributed by atoms with Gasteiger partial charge in [-0.3, -0.25) is 4.79 Å². The molecule has 0 unspecified atom stereocenters. The molecule has 0 radical (unpaired) electrons. The summed E-state index contributed by atoms with van der Waals surface area (Å²) < 4.78 is 5.41. The van der Waals surface area contributed by atoms with Gasteiger partial charge in [-0.1, -0.05) is 24.4 Å². The molecule has 1 aliphatic heterocycles. The van der Waals surface area contributed by atoms with Gasteiger partial charge in [0.05, 0.1) is 0 Å². The fourth-order valence-corrected chi connectivity index (χ4v) is 3.25. The van der Waals surface area contributed by atoms with Crippen LogP contribution in [0, 0.1) is 0 Å². The molecule has 1 aliphatic carbocycles. The second-order valence-electron chi connectivity index (χ2n) is 5.93. The molecule has 3 rings (SSSR count). The van der Waals surface area contributed by atoms with Crippen molar-refractivity contribution in [1.82, 2.24) is 15.5 Å². The number of nitrogens with zero attached hydrogens (tertiary/aromatic N) is 2. The Morgan fingerprint density at radius 1 is 1.21 bits per heavy atom. The highest BCUT2D eigenvalue weighted by Gasteiger charge is 2.30. The molecule has 1 aromatic rings. The van der Waals surface area contributed by atoms with E-state index in [0.717, 1.165) is 12.2 Å². The molecule has 1 saturated carbocycles. The summed E-state index contributed by atoms with van der Waals surface area (Å²) in [5.41, 5.74) is 0. The summed E-state index contributed by atoms with van der Waals surface area (Å²) in [6.07, 6.45) is 7.53. The third-order valence-electron chi connectivity index (χ3n) is 4.25. The van der Waals surface area contributed by atoms with E-state index >= 15 is 0 Å². The summed E-state index contributed by atoms with van der Waals surface area (Å²) >= 11 is 0. The van der Waals surface area contributed by atoms with Crippen molar-refractivity contribution in [2.75, 3.05) is 0 Å². The highest BCUT2D eigenvalue weighted by atomic mass is 16.5. The van der Waals surface area contributed by atoms with Gasteiger partial charge in [0, 0.05) is 24.3 Å². The van der Waals surface area contributed by atoms with Gasteiger partial charge in [-0.25, -0.2) is 0 Å². The second kappa shape index (κ2) is 5.31. The molecule has 1 N–H and O–H groups in total. The van der Waals surface area contributed by atoms with Gasteiger partial charge in [-0.05, 0) is 26.2 Å². The van der Waals surface area contributed by atoms with E-state index in [1.54, 1.807) is 0 Å². The van der Waals surface area contributed by atoms with Crippen LogP contribution in [0.3, 0.4) is 0 Å². The van der Waals surface area contributed by atoms with Crippen LogP contribution in [0.4, 0.5) is 0 Å². The Hall–Kier alpha value is -1.39. The number of carbonyl (C=O) groups excluding carboxylic acids is 1. The van der Waals surface area contributed by atoms with Gasteiger partial charge in [0.1, 0.15) is 0 Å². The quantitative estimate of drug-likeness (QED) is 0.890. The fourth-order valence-electron chi connectivity index (χ4n) is 3.25. The normalized spacial score (nSPS) is 29.2. The van der Waals surface area contributed by atoms with Crippen LogP contribution in [0.1, 0.15) is 75.4 Å². The molecule has 0 spiro atoms. The zero-order valence-electron chi connectivity index (χ0n) is 11.4. The molecule has 0 aromatic carbocycles. The van der Waals surface area contributed by atoms with Crippen molar-refractivity contribution in [3.8, 4) is 0 Å². The van der Waals surface area contributed by atoms with Crippen molar-refractivity contribution in [3.63, 3.8) is 0 Å². The van der Waals surface area contributed by atoms with E-state index in [4.69, 9.17) is 4.52 Å². The number of carbonyl (C=O) groups is 1. The number of nitrogens with one attached hydrogen (secondary N) is 1. The van der Waals surface area contributed by atoms with E-state index in [2.05, 4.69) is 15.5 Å². The summed E-state index contributed by atoms with van der Waals surface area (Å²) in [5.74, 6) is 2.14. The standard InChI is InChI=1S/C14H21N3O2/c1-9-7-11(8-12(18)15-9)14-16-13(17-19-14)10-5-3-2-4-6-10/h9-11H,2-8H2,1H3,(H,15,18)/t9-,11+/m0/s1. The highest BCUT2D eigenvalue weighted by Crippen LogP contribution is 2.33. The topological polar surface area (TPSA) is 68.0 Å². The molecule has 5 nitrogen and oxygen atoms in total. The minimum atomic E-state index is 0.0844. The average molecular weight is 263 g/mol. The first-order valence-corrected chi connectivity index (χ1v) is 7.35. The molecule has 2 fully saturated rings. The largest absolute Gasteiger partial charge is 0.354 e. The third kappa shape index (κ3) is 2.80. The monoisotopic (exact) mass is 263 g/mol. The van der Waals surface area contributed by atoms with Gasteiger partial charge in [-0.15, -0.1) is 0 Å². The summed E-state index contributed by atoms with van der Waals surface area (Å²) in [5, 5.41) is 7.07. The molecule has 104 valence electrons. The Balaban J connectivity index is 1.71. The zero-order chi connectivity index (χ0) is 13.2. The lowest BCUT2D eigenvalue weighted by atomic mass is 9.88. The molecule has 2 aliphatic rings. The maximum atomic E-state index is 11.6. The van der Waals surface area contributed by atoms with Gasteiger partial charge in [0.25, 0.3) is 0 Å². The number of piperidine rings is 1. The second-order valence-corrected chi connectivity index (χ2v) is 5.93. The van der Waals surface area contributed by atoms with E-state index < -0.39 is 0 Å². The Kier molecular flexibility index (Phi) is 3.53. The van der Waals surface area contributed by atoms with Gasteiger partial charge in [0.2, 0.25) is 11.8 Å². The van der Waals surface area contributed by atoms with Crippen molar-refractivity contribution in [1.29, 1.82) is 0 Å². The lowest BCUT2D eigenvalue weighted by Gasteiger charge is -2.24. The smallest absolute Gasteiger partial charge is 0.230 e. The minimum Gasteiger partial charge on any atom is -0.354 e. The maximum absolute atomic E-state index is 11.6. The molecule has 19 heavy (non-hydrogen) atoms. The predicted octanol–water partition coefficient (Wildman–Crippen LogP) is 2.50. The minimum absolute atomic E-state index is 0.0844. The predicted molar refractivity (Wildman–Crippen MR) is 69.7 cm³/mol. The van der Waals surface area contributed by atoms with Crippen LogP contribution < -0.4 is 5.32 Å². The number of aromatic nitrogens is 2. The van der Waals surface area contributed by atoms with Crippen LogP contribution in [0.5, 0.6) is 0 Å². The number of hydrogen-bond acceptors (Lipinski definition) is 4. The molecule has 1 amide bonds. The van der Waals surface area contributed by atoms with Crippen molar-refractivity contribution in [2.24, 2.45) is 0 Å². The summed E-state index contributed by atoms with van der Waals surface area (Å²) in [6, 6.07) is 0.191. The molecule has 2 heterocycles. The summed E-state index contributed by atoms with van der Waals surface area (Å²) in [4.78, 5) is 16.1. The zero-order valence-corrected chi connectivity index (χ0v) is 11.4. The SMILES string of the molecule is C[C@H]1C[C@@H](c2nc(C3CCCCC3)no2)CC(=O)N1. The van der Waals surface area contributed by atoms with Crippen molar-refractivity contribution in [3.05, 3.63) is 11.7 Å². The van der Waals surface area contributed by atoms with E-state index in [0.29, 0.717) is 18.2 Å². The van der Waals surface area contributed by atoms with E-state index in [1.165, 1.54) is 32.1 Å². The Bertz CT molecular complexity index is 451. The van der Waals surface area contributed by atoms with Gasteiger partial charge in [0.15, 0.2) is 5.82 Å². The molecule has 2 atom stereocenters. The van der Waals surface area contributed by atoms with E-state index in [9.17, 15) is 4.79 Å². The Morgan fingerprint density at radius 3 is 2.74 bits per heavy atom. The number of rotatable bonds is 2. The molecule has 0 bridgehead atoms. The van der Waals surface area contributed by atoms with Crippen molar-refractivity contribution >= 4 is 5.91 Å². The van der Waals surface area contributed by atoms with E-state index in [-0.39, 0.29) is 17.9 Å². The summed E-state index contributed by atoms with van der Waals surface area (Å²) in [7, 11) is 0. The van der Waals surface area contributed by atoms with Crippen LogP contribution in [-0.4, -0.2) is 22.1 Å². The summed E-state index contributed by atoms with van der Waals surface area (Å²) in [6.45, 7) is 2.02. The van der Waals surface area contributed by atoms with Crippen LogP contribution in [0.25, 0.3) is 0 Å². The fraction of sp³-hybridized carbons (Fsp3) is 0.786. The van der Waals surface area contributed by atoms with Crippen molar-refractivity contribution < 1.29 is 9.32 Å². The first kappa shape index (κ1) is 12.6. The van der Waals surface area contributed by atoms with Crippen LogP contribution in [-0.2, 0) is 4.79 Å². The highest BCUT2D eigenvalue weighted by molar-refractivity contribution is 5.77. The van der Waals surface area contributed by atoms with Crippen LogP contribution in [0.2, 0.25) is 0 Å². The van der Waals surface area contributed by atoms with E-state index in [1.807, 2.05) is 6.92 Å². The van der Waals surface area contributed by atoms with Gasteiger partial charge in [-0.2, -0.15) is 4.98 Å². The lowest BCUT2D eigenvalue weighted by molar-refractivity contribution is -0.123. The molecule has 5 heteroatoms. The molecule has 1 saturated heterocycles. The molecular formula is C14H21N3O2. The Labute approximate surface area is 113 Å². The first-order chi connectivity index (χ1) is 9.22. The number of hydrogen-bond donors (Lipinski definition) is 1. The van der Waals surface area contributed by atoms with Crippen LogP contribution >= 0.6 is 0 Å². The first-order valence-electron chi connectivity index (χ1n) is 7.35. The van der Waals surface area contributed by atoms with Crippen LogP contribution in [0.15, 0.2) is 4.52 Å². The number of amides is 1. The Morgan fingerprint density at radius 2 is 2.00 bits per heavy atom. The molecule has 1 aromatic heterocycles.